The second-order valence-electron chi connectivity index (χ2n) is 2.83. The predicted octanol–water partition coefficient (Wildman–Crippen LogP) is 0.869. The molecule has 0 atom stereocenters. The third-order valence-electron chi connectivity index (χ3n) is 1.66. The first-order chi connectivity index (χ1) is 7.20. The second kappa shape index (κ2) is 9.11. The first-order valence-corrected chi connectivity index (χ1v) is 4.89. The molecule has 88 valence electrons. The predicted molar refractivity (Wildman–Crippen MR) is 54.7 cm³/mol. The van der Waals surface area contributed by atoms with Gasteiger partial charge in [-0.25, -0.2) is 9.59 Å². The van der Waals surface area contributed by atoms with Crippen LogP contribution in [0.1, 0.15) is 19.3 Å². The van der Waals surface area contributed by atoms with Crippen LogP contribution in [0, 0.1) is 0 Å². The molecule has 0 aromatic heterocycles. The number of ether oxygens (including phenoxy) is 2. The fraction of sp³-hybridized carbons (Fsp3) is 0.778. The van der Waals surface area contributed by atoms with Crippen LogP contribution >= 0.6 is 0 Å². The van der Waals surface area contributed by atoms with Crippen molar-refractivity contribution in [2.75, 3.05) is 27.3 Å². The van der Waals surface area contributed by atoms with Gasteiger partial charge in [-0.05, 0) is 19.3 Å². The molecule has 0 unspecified atom stereocenters. The zero-order chi connectivity index (χ0) is 11.5. The summed E-state index contributed by atoms with van der Waals surface area (Å²) in [5, 5.41) is 4.70. The average Bonchev–Trinajstić information content (AvgIpc) is 2.26. The molecule has 0 fully saturated rings. The van der Waals surface area contributed by atoms with Gasteiger partial charge in [-0.15, -0.1) is 0 Å². The lowest BCUT2D eigenvalue weighted by Gasteiger charge is -2.04. The molecule has 0 spiro atoms. The molecule has 0 saturated heterocycles. The molecule has 15 heavy (non-hydrogen) atoms. The van der Waals surface area contributed by atoms with Crippen LogP contribution in [-0.2, 0) is 9.47 Å². The molecular weight excluding hydrogens is 200 g/mol. The van der Waals surface area contributed by atoms with Crippen molar-refractivity contribution >= 4 is 12.2 Å². The molecule has 2 amide bonds. The molecule has 0 aliphatic rings. The largest absolute Gasteiger partial charge is 0.450 e. The normalized spacial score (nSPS) is 9.20. The number of carbonyl (C=O) groups excluding carboxylic acids is 2. The van der Waals surface area contributed by atoms with E-state index >= 15 is 0 Å². The van der Waals surface area contributed by atoms with Crippen molar-refractivity contribution in [2.24, 2.45) is 0 Å². The van der Waals surface area contributed by atoms with Gasteiger partial charge in [-0.1, -0.05) is 0 Å². The summed E-state index contributed by atoms with van der Waals surface area (Å²) in [4.78, 5) is 21.2. The third kappa shape index (κ3) is 8.86. The van der Waals surface area contributed by atoms with Crippen LogP contribution in [0.25, 0.3) is 0 Å². The standard InChI is InChI=1S/C9H18N2O4/c1-10-8(12)14-6-4-3-5-7-15-9(13)11-2/h3-7H2,1-2H3,(H,10,12)(H,11,13). The molecule has 2 N–H and O–H groups in total. The molecule has 0 radical (unpaired) electrons. The maximum atomic E-state index is 10.6. The molecule has 6 heteroatoms. The summed E-state index contributed by atoms with van der Waals surface area (Å²) >= 11 is 0. The minimum absolute atomic E-state index is 0.389. The van der Waals surface area contributed by atoms with Gasteiger partial charge in [-0.2, -0.15) is 0 Å². The van der Waals surface area contributed by atoms with Crippen LogP contribution in [0.4, 0.5) is 9.59 Å². The van der Waals surface area contributed by atoms with Crippen LogP contribution in [0.3, 0.4) is 0 Å². The monoisotopic (exact) mass is 218 g/mol. The molecule has 0 aromatic carbocycles. The van der Waals surface area contributed by atoms with Crippen molar-refractivity contribution < 1.29 is 19.1 Å². The van der Waals surface area contributed by atoms with Crippen LogP contribution in [0.2, 0.25) is 0 Å². The van der Waals surface area contributed by atoms with E-state index in [2.05, 4.69) is 10.6 Å². The number of hydrogen-bond acceptors (Lipinski definition) is 4. The van der Waals surface area contributed by atoms with E-state index in [1.54, 1.807) is 0 Å². The zero-order valence-corrected chi connectivity index (χ0v) is 9.17. The van der Waals surface area contributed by atoms with Gasteiger partial charge in [-0.3, -0.25) is 0 Å². The Morgan fingerprint density at radius 1 is 0.867 bits per heavy atom. The summed E-state index contributed by atoms with van der Waals surface area (Å²) in [5.74, 6) is 0. The van der Waals surface area contributed by atoms with E-state index in [-0.39, 0.29) is 0 Å². The van der Waals surface area contributed by atoms with E-state index in [0.717, 1.165) is 19.3 Å². The van der Waals surface area contributed by atoms with Gasteiger partial charge >= 0.3 is 12.2 Å². The van der Waals surface area contributed by atoms with E-state index in [4.69, 9.17) is 9.47 Å². The van der Waals surface area contributed by atoms with Gasteiger partial charge in [0.25, 0.3) is 0 Å². The van der Waals surface area contributed by atoms with Gasteiger partial charge < -0.3 is 20.1 Å². The Labute approximate surface area is 89.3 Å². The van der Waals surface area contributed by atoms with Crippen molar-refractivity contribution in [1.29, 1.82) is 0 Å². The van der Waals surface area contributed by atoms with Crippen LogP contribution in [-0.4, -0.2) is 39.5 Å². The molecular formula is C9H18N2O4. The fourth-order valence-corrected chi connectivity index (χ4v) is 0.855. The fourth-order valence-electron chi connectivity index (χ4n) is 0.855. The summed E-state index contributed by atoms with van der Waals surface area (Å²) in [6.45, 7) is 0.777. The van der Waals surface area contributed by atoms with E-state index < -0.39 is 12.2 Å². The summed E-state index contributed by atoms with van der Waals surface area (Å²) in [6, 6.07) is 0. The Hall–Kier alpha value is -1.46. The van der Waals surface area contributed by atoms with Gasteiger partial charge in [0.1, 0.15) is 0 Å². The SMILES string of the molecule is CNC(=O)OCCCCCOC(=O)NC. The van der Waals surface area contributed by atoms with Crippen molar-refractivity contribution in [3.8, 4) is 0 Å². The number of rotatable bonds is 6. The highest BCUT2D eigenvalue weighted by molar-refractivity contribution is 5.66. The Balaban J connectivity index is 3.11. The van der Waals surface area contributed by atoms with Crippen molar-refractivity contribution in [3.63, 3.8) is 0 Å². The molecule has 0 bridgehead atoms. The number of unbranched alkanes of at least 4 members (excludes halogenated alkanes) is 2. The number of hydrogen-bond donors (Lipinski definition) is 2. The first-order valence-electron chi connectivity index (χ1n) is 4.89. The highest BCUT2D eigenvalue weighted by atomic mass is 16.6. The van der Waals surface area contributed by atoms with Crippen molar-refractivity contribution in [3.05, 3.63) is 0 Å². The molecule has 0 aliphatic heterocycles. The summed E-state index contributed by atoms with van der Waals surface area (Å²) < 4.78 is 9.54. The topological polar surface area (TPSA) is 76.7 Å². The van der Waals surface area contributed by atoms with Crippen LogP contribution in [0.15, 0.2) is 0 Å². The van der Waals surface area contributed by atoms with Crippen LogP contribution < -0.4 is 10.6 Å². The molecule has 6 nitrogen and oxygen atoms in total. The van der Waals surface area contributed by atoms with Gasteiger partial charge in [0.05, 0.1) is 13.2 Å². The average molecular weight is 218 g/mol. The molecule has 0 aromatic rings. The van der Waals surface area contributed by atoms with Crippen molar-refractivity contribution in [1.82, 2.24) is 10.6 Å². The summed E-state index contributed by atoms with van der Waals surface area (Å²) in [6.07, 6.45) is 1.55. The Morgan fingerprint density at radius 3 is 1.60 bits per heavy atom. The highest BCUT2D eigenvalue weighted by Crippen LogP contribution is 1.96. The number of alkyl carbamates (subject to hydrolysis) is 2. The Kier molecular flexibility index (Phi) is 8.22. The lowest BCUT2D eigenvalue weighted by Crippen LogP contribution is -2.20. The van der Waals surface area contributed by atoms with Gasteiger partial charge in [0.2, 0.25) is 0 Å². The number of amides is 2. The third-order valence-corrected chi connectivity index (χ3v) is 1.66. The van der Waals surface area contributed by atoms with Gasteiger partial charge in [0.15, 0.2) is 0 Å². The summed E-state index contributed by atoms with van der Waals surface area (Å²) in [5.41, 5.74) is 0. The lowest BCUT2D eigenvalue weighted by molar-refractivity contribution is 0.139. The minimum atomic E-state index is -0.420. The number of carbonyl (C=O) groups is 2. The molecule has 0 saturated carbocycles. The van der Waals surface area contributed by atoms with E-state index in [9.17, 15) is 9.59 Å². The first kappa shape index (κ1) is 13.5. The van der Waals surface area contributed by atoms with Crippen molar-refractivity contribution in [2.45, 2.75) is 19.3 Å². The van der Waals surface area contributed by atoms with E-state index in [1.165, 1.54) is 14.1 Å². The maximum Gasteiger partial charge on any atom is 0.406 e. The lowest BCUT2D eigenvalue weighted by atomic mass is 10.2. The second-order valence-corrected chi connectivity index (χ2v) is 2.83. The smallest absolute Gasteiger partial charge is 0.406 e. The van der Waals surface area contributed by atoms with Crippen LogP contribution in [0.5, 0.6) is 0 Å². The molecule has 0 rings (SSSR count). The minimum Gasteiger partial charge on any atom is -0.450 e. The van der Waals surface area contributed by atoms with Gasteiger partial charge in [0, 0.05) is 14.1 Å². The maximum absolute atomic E-state index is 10.6. The highest BCUT2D eigenvalue weighted by Gasteiger charge is 1.98. The van der Waals surface area contributed by atoms with E-state index in [0.29, 0.717) is 13.2 Å². The zero-order valence-electron chi connectivity index (χ0n) is 9.17. The Morgan fingerprint density at radius 2 is 1.27 bits per heavy atom. The Bertz CT molecular complexity index is 177. The molecule has 0 aliphatic carbocycles. The summed E-state index contributed by atoms with van der Waals surface area (Å²) in [7, 11) is 3.03. The quantitative estimate of drug-likeness (QED) is 0.648. The number of nitrogens with one attached hydrogen (secondary N) is 2. The van der Waals surface area contributed by atoms with E-state index in [1.807, 2.05) is 0 Å². The molecule has 0 heterocycles.